The first-order valence-electron chi connectivity index (χ1n) is 4.22. The van der Waals surface area contributed by atoms with Crippen LogP contribution in [0.25, 0.3) is 0 Å². The average Bonchev–Trinajstić information content (AvgIpc) is 2.29. The SMILES string of the molecule is OP(O)(=S)P(OF)(OF)=S(F)(F)(F)c1ccccc1. The Morgan fingerprint density at radius 2 is 1.42 bits per heavy atom. The van der Waals surface area contributed by atoms with Gasteiger partial charge < -0.3 is 9.79 Å². The van der Waals surface area contributed by atoms with Crippen molar-refractivity contribution in [3.8, 4) is 0 Å². The van der Waals surface area contributed by atoms with Crippen LogP contribution in [0, 0.1) is 0 Å². The first kappa shape index (κ1) is 17.2. The van der Waals surface area contributed by atoms with Gasteiger partial charge >= 0.3 is 6.18 Å². The molecule has 0 aliphatic carbocycles. The molecule has 0 heterocycles. The monoisotopic (exact) mass is 364 g/mol. The van der Waals surface area contributed by atoms with E-state index in [0.717, 1.165) is 12.1 Å². The molecule has 112 valence electrons. The molecule has 0 atom stereocenters. The van der Waals surface area contributed by atoms with Gasteiger partial charge in [0.2, 0.25) is 9.50 Å². The largest absolute Gasteiger partial charge is 0.370 e. The van der Waals surface area contributed by atoms with Gasteiger partial charge in [-0.3, -0.25) is 0 Å². The standard InChI is InChI=1S/C6H7F5O4P2S2/c7-14-17(15-8,16(12,13)18)19(9,10,11)6-4-2-1-3-5-6/h1-5H,(H2,12,13,18). The van der Waals surface area contributed by atoms with E-state index in [1.807, 2.05) is 0 Å². The molecule has 0 saturated carbocycles. The van der Waals surface area contributed by atoms with Crippen LogP contribution >= 0.6 is 12.4 Å². The molecule has 0 fully saturated rings. The molecular formula is C6H7F5O4P2S2. The summed E-state index contributed by atoms with van der Waals surface area (Å²) in [6, 6.07) is 4.13. The minimum absolute atomic E-state index is 0.500. The van der Waals surface area contributed by atoms with E-state index < -0.39 is 26.8 Å². The Morgan fingerprint density at radius 1 is 1.00 bits per heavy atom. The van der Waals surface area contributed by atoms with Crippen molar-refractivity contribution in [3.05, 3.63) is 30.3 Å². The topological polar surface area (TPSA) is 58.9 Å². The van der Waals surface area contributed by atoms with Gasteiger partial charge in [0.15, 0.2) is 0 Å². The fourth-order valence-electron chi connectivity index (χ4n) is 1.13. The number of rotatable bonds is 4. The molecule has 1 aromatic rings. The smallest absolute Gasteiger partial charge is 0.339 e. The number of hydrogen-bond donors (Lipinski definition) is 2. The van der Waals surface area contributed by atoms with E-state index in [0.29, 0.717) is 12.1 Å². The lowest BCUT2D eigenvalue weighted by molar-refractivity contribution is -0.0663. The molecule has 0 radical (unpaired) electrons. The molecule has 0 unspecified atom stereocenters. The van der Waals surface area contributed by atoms with Crippen LogP contribution < -0.4 is 0 Å². The molecule has 0 saturated heterocycles. The molecule has 0 spiro atoms. The molecule has 0 amide bonds. The number of hydrogen-bond acceptors (Lipinski definition) is 3. The summed E-state index contributed by atoms with van der Waals surface area (Å²) in [7, 11) is -7.83. The molecule has 13 heteroatoms. The van der Waals surface area contributed by atoms with E-state index in [9.17, 15) is 20.7 Å². The van der Waals surface area contributed by atoms with Crippen LogP contribution in [0.1, 0.15) is 0 Å². The van der Waals surface area contributed by atoms with E-state index in [-0.39, 0.29) is 0 Å². The van der Waals surface area contributed by atoms with Gasteiger partial charge in [0.05, 0.1) is 4.90 Å². The molecule has 0 aromatic heterocycles. The lowest BCUT2D eigenvalue weighted by Gasteiger charge is -2.33. The van der Waals surface area contributed by atoms with Crippen molar-refractivity contribution in [1.29, 1.82) is 0 Å². The summed E-state index contributed by atoms with van der Waals surface area (Å²) in [6.45, 7) is 0. The van der Waals surface area contributed by atoms with E-state index >= 15 is 0 Å². The molecule has 1 aromatic carbocycles. The second-order valence-corrected chi connectivity index (χ2v) is 16.9. The summed E-state index contributed by atoms with van der Waals surface area (Å²) >= 11 is 3.79. The van der Waals surface area contributed by atoms with Gasteiger partial charge in [-0.1, -0.05) is 18.2 Å². The summed E-state index contributed by atoms with van der Waals surface area (Å²) in [4.78, 5) is 16.5. The minimum atomic E-state index is -7.83. The first-order chi connectivity index (χ1) is 8.51. The van der Waals surface area contributed by atoms with Crippen molar-refractivity contribution >= 4 is 33.7 Å². The van der Waals surface area contributed by atoms with Gasteiger partial charge in [-0.2, -0.15) is 0 Å². The summed E-state index contributed by atoms with van der Waals surface area (Å²) < 4.78 is 72.0. The van der Waals surface area contributed by atoms with E-state index in [1.165, 1.54) is 6.07 Å². The molecule has 0 aliphatic heterocycles. The van der Waals surface area contributed by atoms with Gasteiger partial charge in [0.25, 0.3) is 6.18 Å². The Morgan fingerprint density at radius 3 is 1.74 bits per heavy atom. The Bertz CT molecular complexity index is 592. The van der Waals surface area contributed by atoms with Crippen LogP contribution in [0.4, 0.5) is 20.7 Å². The van der Waals surface area contributed by atoms with Gasteiger partial charge in [0, 0.05) is 0 Å². The molecule has 0 aliphatic rings. The predicted molar refractivity (Wildman–Crippen MR) is 65.4 cm³/mol. The summed E-state index contributed by atoms with van der Waals surface area (Å²) in [5.74, 6) is 0. The maximum atomic E-state index is 14.1. The summed E-state index contributed by atoms with van der Waals surface area (Å²) in [6.07, 6.45) is -12.0. The maximum Gasteiger partial charge on any atom is 0.370 e. The van der Waals surface area contributed by atoms with Crippen LogP contribution in [0.3, 0.4) is 0 Å². The van der Waals surface area contributed by atoms with Gasteiger partial charge in [0.1, 0.15) is 0 Å². The van der Waals surface area contributed by atoms with Crippen LogP contribution in [-0.2, 0) is 30.8 Å². The minimum Gasteiger partial charge on any atom is -0.339 e. The molecule has 1 rings (SSSR count). The Hall–Kier alpha value is 0.140. The normalized spacial score (nSPS) is 15.8. The van der Waals surface area contributed by atoms with Gasteiger partial charge in [-0.25, -0.2) is 0 Å². The highest BCUT2D eigenvalue weighted by molar-refractivity contribution is 8.71. The van der Waals surface area contributed by atoms with Crippen LogP contribution in [-0.4, -0.2) is 9.79 Å². The molecule has 0 bridgehead atoms. The highest BCUT2D eigenvalue weighted by Crippen LogP contribution is 2.89. The molecular weight excluding hydrogens is 357 g/mol. The Balaban J connectivity index is 4.05. The molecule has 2 N–H and O–H groups in total. The predicted octanol–water partition coefficient (Wildman–Crippen LogP) is 4.16. The van der Waals surface area contributed by atoms with E-state index in [1.54, 1.807) is 0 Å². The third-order valence-corrected chi connectivity index (χ3v) is 17.6. The fraction of sp³-hybridized carbons (Fsp3) is 0. The van der Waals surface area contributed by atoms with Crippen molar-refractivity contribution in [2.75, 3.05) is 0 Å². The van der Waals surface area contributed by atoms with Crippen molar-refractivity contribution in [2.45, 2.75) is 4.90 Å². The van der Waals surface area contributed by atoms with E-state index in [2.05, 4.69) is 21.3 Å². The van der Waals surface area contributed by atoms with Gasteiger partial charge in [-0.05, 0) is 33.0 Å². The lowest BCUT2D eigenvalue weighted by atomic mass is 10.4. The summed E-state index contributed by atoms with van der Waals surface area (Å²) in [5.41, 5.74) is 0. The van der Waals surface area contributed by atoms with Crippen molar-refractivity contribution in [1.82, 2.24) is 0 Å². The van der Waals surface area contributed by atoms with Crippen LogP contribution in [0.2, 0.25) is 0 Å². The van der Waals surface area contributed by atoms with Crippen LogP contribution in [0.15, 0.2) is 35.2 Å². The van der Waals surface area contributed by atoms with Crippen molar-refractivity contribution in [3.63, 3.8) is 0 Å². The number of halogens is 5. The lowest BCUT2D eigenvalue weighted by Crippen LogP contribution is -2.16. The zero-order chi connectivity index (χ0) is 15.0. The third-order valence-electron chi connectivity index (χ3n) is 1.99. The second-order valence-electron chi connectivity index (χ2n) is 3.14. The van der Waals surface area contributed by atoms with Crippen LogP contribution in [0.5, 0.6) is 0 Å². The van der Waals surface area contributed by atoms with E-state index in [4.69, 9.17) is 9.79 Å². The second kappa shape index (κ2) is 5.16. The average molecular weight is 364 g/mol. The summed E-state index contributed by atoms with van der Waals surface area (Å²) in [5, 5.41) is 0. The highest BCUT2D eigenvalue weighted by Gasteiger charge is 2.60. The van der Waals surface area contributed by atoms with Gasteiger partial charge in [-0.15, -0.1) is 21.1 Å². The van der Waals surface area contributed by atoms with Crippen molar-refractivity contribution < 1.29 is 40.0 Å². The zero-order valence-corrected chi connectivity index (χ0v) is 12.1. The molecule has 4 nitrogen and oxygen atoms in total. The Labute approximate surface area is 109 Å². The molecule has 19 heavy (non-hydrogen) atoms. The Kier molecular flexibility index (Phi) is 4.67. The van der Waals surface area contributed by atoms with Crippen molar-refractivity contribution in [2.24, 2.45) is 0 Å². The third kappa shape index (κ3) is 2.54. The first-order valence-corrected chi connectivity index (χ1v) is 11.6. The number of benzene rings is 1. The zero-order valence-electron chi connectivity index (χ0n) is 8.70. The fourth-order valence-corrected chi connectivity index (χ4v) is 13.3. The quantitative estimate of drug-likeness (QED) is 0.621. The highest BCUT2D eigenvalue weighted by atomic mass is 32.9. The maximum absolute atomic E-state index is 14.1.